The molecule has 1 aromatic rings. The van der Waals surface area contributed by atoms with Crippen LogP contribution in [0.4, 0.5) is 14.5 Å². The van der Waals surface area contributed by atoms with Crippen LogP contribution >= 0.6 is 15.9 Å². The van der Waals surface area contributed by atoms with Crippen LogP contribution in [0.1, 0.15) is 17.7 Å². The number of nitrogen functional groups attached to an aromatic ring is 1. The van der Waals surface area contributed by atoms with Crippen molar-refractivity contribution in [2.45, 2.75) is 13.0 Å². The monoisotopic (exact) mass is 251 g/mol. The SMILES string of the molecule is NCc1cnc(C(F)F)c(N)c1Br. The summed E-state index contributed by atoms with van der Waals surface area (Å²) >= 11 is 3.08. The Balaban J connectivity index is 3.23. The van der Waals surface area contributed by atoms with Crippen LogP contribution in [-0.4, -0.2) is 4.98 Å². The summed E-state index contributed by atoms with van der Waals surface area (Å²) in [6.45, 7) is 0.210. The summed E-state index contributed by atoms with van der Waals surface area (Å²) in [7, 11) is 0. The number of hydrogen-bond acceptors (Lipinski definition) is 3. The van der Waals surface area contributed by atoms with E-state index >= 15 is 0 Å². The number of rotatable bonds is 2. The molecule has 0 saturated carbocycles. The van der Waals surface area contributed by atoms with Gasteiger partial charge in [0.05, 0.1) is 5.69 Å². The Morgan fingerprint density at radius 1 is 1.54 bits per heavy atom. The van der Waals surface area contributed by atoms with Crippen LogP contribution < -0.4 is 11.5 Å². The molecule has 6 heteroatoms. The molecule has 0 atom stereocenters. The van der Waals surface area contributed by atoms with Gasteiger partial charge in [0.25, 0.3) is 6.43 Å². The highest BCUT2D eigenvalue weighted by Gasteiger charge is 2.16. The second-order valence-electron chi connectivity index (χ2n) is 2.40. The van der Waals surface area contributed by atoms with Gasteiger partial charge in [-0.2, -0.15) is 0 Å². The van der Waals surface area contributed by atoms with Crippen LogP contribution in [0, 0.1) is 0 Å². The molecule has 13 heavy (non-hydrogen) atoms. The second-order valence-corrected chi connectivity index (χ2v) is 3.19. The van der Waals surface area contributed by atoms with Gasteiger partial charge >= 0.3 is 0 Å². The van der Waals surface area contributed by atoms with Gasteiger partial charge in [0.2, 0.25) is 0 Å². The van der Waals surface area contributed by atoms with Gasteiger partial charge in [-0.15, -0.1) is 0 Å². The van der Waals surface area contributed by atoms with E-state index in [0.717, 1.165) is 0 Å². The molecule has 0 radical (unpaired) electrons. The maximum Gasteiger partial charge on any atom is 0.282 e. The molecule has 0 unspecified atom stereocenters. The zero-order valence-electron chi connectivity index (χ0n) is 6.60. The van der Waals surface area contributed by atoms with E-state index < -0.39 is 12.1 Å². The first-order valence-corrected chi connectivity index (χ1v) is 4.28. The third-order valence-electron chi connectivity index (χ3n) is 1.58. The molecule has 0 amide bonds. The molecule has 0 bridgehead atoms. The van der Waals surface area contributed by atoms with Crippen LogP contribution in [0.15, 0.2) is 10.7 Å². The Labute approximate surface area is 82.3 Å². The van der Waals surface area contributed by atoms with E-state index in [-0.39, 0.29) is 12.2 Å². The molecule has 0 aliphatic carbocycles. The van der Waals surface area contributed by atoms with E-state index in [9.17, 15) is 8.78 Å². The molecule has 3 nitrogen and oxygen atoms in total. The normalized spacial score (nSPS) is 10.8. The lowest BCUT2D eigenvalue weighted by Crippen LogP contribution is -2.05. The van der Waals surface area contributed by atoms with Crippen molar-refractivity contribution < 1.29 is 8.78 Å². The summed E-state index contributed by atoms with van der Waals surface area (Å²) < 4.78 is 24.9. The second kappa shape index (κ2) is 3.97. The van der Waals surface area contributed by atoms with Gasteiger partial charge in [0.15, 0.2) is 0 Å². The Morgan fingerprint density at radius 2 is 2.15 bits per heavy atom. The molecule has 0 spiro atoms. The van der Waals surface area contributed by atoms with E-state index in [1.807, 2.05) is 0 Å². The molecular formula is C7H8BrF2N3. The zero-order valence-corrected chi connectivity index (χ0v) is 8.18. The quantitative estimate of drug-likeness (QED) is 0.843. The van der Waals surface area contributed by atoms with Crippen molar-refractivity contribution in [2.24, 2.45) is 5.73 Å². The number of pyridine rings is 1. The molecule has 1 heterocycles. The van der Waals surface area contributed by atoms with Crippen LogP contribution in [0.5, 0.6) is 0 Å². The van der Waals surface area contributed by atoms with Gasteiger partial charge in [0.1, 0.15) is 5.69 Å². The summed E-state index contributed by atoms with van der Waals surface area (Å²) in [6.07, 6.45) is -1.37. The Hall–Kier alpha value is -0.750. The van der Waals surface area contributed by atoms with E-state index in [2.05, 4.69) is 20.9 Å². The molecule has 0 aliphatic heterocycles. The maximum atomic E-state index is 12.2. The van der Waals surface area contributed by atoms with Gasteiger partial charge in [-0.05, 0) is 15.9 Å². The highest BCUT2D eigenvalue weighted by Crippen LogP contribution is 2.31. The minimum absolute atomic E-state index is 0.0436. The standard InChI is InChI=1S/C7H8BrF2N3/c8-4-3(1-11)2-13-6(5(4)12)7(9)10/h2,7H,1,11-12H2. The van der Waals surface area contributed by atoms with Gasteiger partial charge in [0, 0.05) is 22.8 Å². The first kappa shape index (κ1) is 10.3. The number of anilines is 1. The van der Waals surface area contributed by atoms with Gasteiger partial charge < -0.3 is 11.5 Å². The zero-order chi connectivity index (χ0) is 10.0. The maximum absolute atomic E-state index is 12.2. The third-order valence-corrected chi connectivity index (χ3v) is 2.52. The molecule has 0 saturated heterocycles. The number of nitrogens with zero attached hydrogens (tertiary/aromatic N) is 1. The third kappa shape index (κ3) is 1.94. The fraction of sp³-hybridized carbons (Fsp3) is 0.286. The number of halogens is 3. The first-order valence-electron chi connectivity index (χ1n) is 3.49. The topological polar surface area (TPSA) is 64.9 Å². The first-order chi connectivity index (χ1) is 6.07. The smallest absolute Gasteiger partial charge is 0.282 e. The van der Waals surface area contributed by atoms with E-state index in [1.165, 1.54) is 6.20 Å². The predicted molar refractivity (Wildman–Crippen MR) is 49.2 cm³/mol. The van der Waals surface area contributed by atoms with Crippen molar-refractivity contribution >= 4 is 21.6 Å². The van der Waals surface area contributed by atoms with Crippen LogP contribution in [0.25, 0.3) is 0 Å². The minimum atomic E-state index is -2.66. The van der Waals surface area contributed by atoms with Crippen molar-refractivity contribution in [3.8, 4) is 0 Å². The average Bonchev–Trinajstić information content (AvgIpc) is 2.09. The van der Waals surface area contributed by atoms with Crippen molar-refractivity contribution in [3.63, 3.8) is 0 Å². The molecule has 1 aromatic heterocycles. The van der Waals surface area contributed by atoms with Gasteiger partial charge in [-0.25, -0.2) is 8.78 Å². The largest absolute Gasteiger partial charge is 0.396 e. The molecule has 0 aliphatic rings. The highest BCUT2D eigenvalue weighted by molar-refractivity contribution is 9.10. The summed E-state index contributed by atoms with van der Waals surface area (Å²) in [5.41, 5.74) is 10.9. The Morgan fingerprint density at radius 3 is 2.62 bits per heavy atom. The molecule has 72 valence electrons. The molecule has 0 aromatic carbocycles. The van der Waals surface area contributed by atoms with Crippen molar-refractivity contribution in [3.05, 3.63) is 21.9 Å². The summed E-state index contributed by atoms with van der Waals surface area (Å²) in [5, 5.41) is 0. The van der Waals surface area contributed by atoms with Crippen LogP contribution in [0.3, 0.4) is 0 Å². The predicted octanol–water partition coefficient (Wildman–Crippen LogP) is 1.82. The molecular weight excluding hydrogens is 244 g/mol. The van der Waals surface area contributed by atoms with Crippen molar-refractivity contribution in [1.82, 2.24) is 4.98 Å². The highest BCUT2D eigenvalue weighted by atomic mass is 79.9. The fourth-order valence-corrected chi connectivity index (χ4v) is 1.34. The fourth-order valence-electron chi connectivity index (χ4n) is 0.875. The van der Waals surface area contributed by atoms with Gasteiger partial charge in [-0.1, -0.05) is 0 Å². The summed E-state index contributed by atoms with van der Waals surface area (Å²) in [6, 6.07) is 0. The number of aromatic nitrogens is 1. The molecule has 1 rings (SSSR count). The average molecular weight is 252 g/mol. The minimum Gasteiger partial charge on any atom is -0.396 e. The summed E-state index contributed by atoms with van der Waals surface area (Å²) in [4.78, 5) is 3.52. The van der Waals surface area contributed by atoms with Crippen LogP contribution in [0.2, 0.25) is 0 Å². The Kier molecular flexibility index (Phi) is 3.16. The number of alkyl halides is 2. The molecule has 0 fully saturated rings. The van der Waals surface area contributed by atoms with E-state index in [4.69, 9.17) is 11.5 Å². The van der Waals surface area contributed by atoms with E-state index in [1.54, 1.807) is 0 Å². The molecule has 4 N–H and O–H groups in total. The van der Waals surface area contributed by atoms with Crippen molar-refractivity contribution in [1.29, 1.82) is 0 Å². The lowest BCUT2D eigenvalue weighted by molar-refractivity contribution is 0.147. The number of hydrogen-bond donors (Lipinski definition) is 2. The van der Waals surface area contributed by atoms with Crippen molar-refractivity contribution in [2.75, 3.05) is 5.73 Å². The Bertz CT molecular complexity index is 317. The van der Waals surface area contributed by atoms with Crippen LogP contribution in [-0.2, 0) is 6.54 Å². The summed E-state index contributed by atoms with van der Waals surface area (Å²) in [5.74, 6) is 0. The van der Waals surface area contributed by atoms with E-state index in [0.29, 0.717) is 10.0 Å². The lowest BCUT2D eigenvalue weighted by Gasteiger charge is -2.08. The van der Waals surface area contributed by atoms with Gasteiger partial charge in [-0.3, -0.25) is 4.98 Å². The lowest BCUT2D eigenvalue weighted by atomic mass is 10.2. The number of nitrogens with two attached hydrogens (primary N) is 2.